The highest BCUT2D eigenvalue weighted by molar-refractivity contribution is 6.01. The van der Waals surface area contributed by atoms with Crippen molar-refractivity contribution in [3.8, 4) is 5.69 Å². The van der Waals surface area contributed by atoms with Crippen molar-refractivity contribution in [1.29, 1.82) is 0 Å². The fraction of sp³-hybridized carbons (Fsp3) is 0.438. The summed E-state index contributed by atoms with van der Waals surface area (Å²) in [6.45, 7) is 7.42. The number of carbonyl (C=O) groups is 1. The lowest BCUT2D eigenvalue weighted by atomic mass is 9.97. The fourth-order valence-corrected chi connectivity index (χ4v) is 3.44. The van der Waals surface area contributed by atoms with Crippen LogP contribution >= 0.6 is 0 Å². The van der Waals surface area contributed by atoms with Crippen LogP contribution in [0.15, 0.2) is 30.7 Å². The van der Waals surface area contributed by atoms with Gasteiger partial charge in [-0.15, -0.1) is 0 Å². The van der Waals surface area contributed by atoms with Gasteiger partial charge in [0.2, 0.25) is 0 Å². The van der Waals surface area contributed by atoms with E-state index in [0.717, 1.165) is 13.0 Å². The molecule has 0 aromatic carbocycles. The molecule has 3 heterocycles. The Kier molecular flexibility index (Phi) is 3.39. The van der Waals surface area contributed by atoms with Crippen molar-refractivity contribution in [2.75, 3.05) is 11.4 Å². The van der Waals surface area contributed by atoms with Gasteiger partial charge in [-0.1, -0.05) is 6.92 Å². The predicted octanol–water partition coefficient (Wildman–Crippen LogP) is 1.99. The molecule has 2 aromatic rings. The maximum absolute atomic E-state index is 12.1. The molecule has 2 N–H and O–H groups in total. The van der Waals surface area contributed by atoms with Crippen LogP contribution in [0.4, 0.5) is 5.82 Å². The molecule has 2 aromatic heterocycles. The summed E-state index contributed by atoms with van der Waals surface area (Å²) in [6, 6.07) is 3.58. The third-order valence-electron chi connectivity index (χ3n) is 4.24. The predicted molar refractivity (Wildman–Crippen MR) is 85.1 cm³/mol. The van der Waals surface area contributed by atoms with Crippen LogP contribution < -0.4 is 10.6 Å². The van der Waals surface area contributed by atoms with Gasteiger partial charge in [0.05, 0.1) is 5.69 Å². The first-order valence-corrected chi connectivity index (χ1v) is 7.46. The standard InChI is InChI=1S/C16H21N5O/c1-11-9-16(2,3)20(10-11)15-13(14(17)22)12(5-7-18-15)21-8-4-6-19-21/h4-8,11H,9-10H2,1-3H3,(H2,17,22)/t11-/m1/s1. The molecule has 1 aliphatic rings. The molecule has 1 saturated heterocycles. The topological polar surface area (TPSA) is 77.0 Å². The Morgan fingerprint density at radius 1 is 1.41 bits per heavy atom. The molecule has 1 fully saturated rings. The van der Waals surface area contributed by atoms with E-state index in [2.05, 4.69) is 35.8 Å². The van der Waals surface area contributed by atoms with Gasteiger partial charge in [0.25, 0.3) is 5.91 Å². The molecule has 1 atom stereocenters. The van der Waals surface area contributed by atoms with Gasteiger partial charge in [0.1, 0.15) is 11.4 Å². The van der Waals surface area contributed by atoms with Crippen LogP contribution in [0.25, 0.3) is 5.69 Å². The molecular weight excluding hydrogens is 278 g/mol. The molecule has 0 unspecified atom stereocenters. The summed E-state index contributed by atoms with van der Waals surface area (Å²) in [6.07, 6.45) is 6.23. The Labute approximate surface area is 129 Å². The highest BCUT2D eigenvalue weighted by atomic mass is 16.1. The second kappa shape index (κ2) is 5.12. The van der Waals surface area contributed by atoms with Crippen LogP contribution in [0.1, 0.15) is 37.6 Å². The molecular formula is C16H21N5O. The summed E-state index contributed by atoms with van der Waals surface area (Å²) in [5, 5.41) is 4.21. The Morgan fingerprint density at radius 2 is 2.18 bits per heavy atom. The minimum absolute atomic E-state index is 0.0562. The van der Waals surface area contributed by atoms with Crippen LogP contribution in [-0.4, -0.2) is 32.8 Å². The lowest BCUT2D eigenvalue weighted by Gasteiger charge is -2.33. The molecule has 0 aliphatic carbocycles. The van der Waals surface area contributed by atoms with E-state index in [-0.39, 0.29) is 5.54 Å². The SMILES string of the molecule is C[C@H]1CN(c2nccc(-n3cccn3)c2C(N)=O)C(C)(C)C1. The zero-order chi connectivity index (χ0) is 15.9. The summed E-state index contributed by atoms with van der Waals surface area (Å²) in [4.78, 5) is 18.8. The average Bonchev–Trinajstić information content (AvgIpc) is 3.05. The fourth-order valence-electron chi connectivity index (χ4n) is 3.44. The van der Waals surface area contributed by atoms with E-state index >= 15 is 0 Å². The molecule has 1 amide bonds. The maximum atomic E-state index is 12.1. The van der Waals surface area contributed by atoms with Crippen molar-refractivity contribution in [2.45, 2.75) is 32.7 Å². The van der Waals surface area contributed by atoms with Crippen molar-refractivity contribution in [3.05, 3.63) is 36.3 Å². The van der Waals surface area contributed by atoms with E-state index in [9.17, 15) is 4.79 Å². The van der Waals surface area contributed by atoms with Gasteiger partial charge in [0, 0.05) is 30.7 Å². The number of amides is 1. The Balaban J connectivity index is 2.17. The summed E-state index contributed by atoms with van der Waals surface area (Å²) in [5.41, 5.74) is 6.70. The minimum atomic E-state index is -0.482. The number of nitrogens with two attached hydrogens (primary N) is 1. The molecule has 6 heteroatoms. The van der Waals surface area contributed by atoms with E-state index in [0.29, 0.717) is 23.0 Å². The zero-order valence-electron chi connectivity index (χ0n) is 13.2. The highest BCUT2D eigenvalue weighted by Crippen LogP contribution is 2.38. The third-order valence-corrected chi connectivity index (χ3v) is 4.24. The summed E-state index contributed by atoms with van der Waals surface area (Å²) >= 11 is 0. The first-order valence-electron chi connectivity index (χ1n) is 7.46. The van der Waals surface area contributed by atoms with Gasteiger partial charge in [-0.2, -0.15) is 5.10 Å². The van der Waals surface area contributed by atoms with E-state index in [4.69, 9.17) is 5.73 Å². The van der Waals surface area contributed by atoms with Crippen LogP contribution in [0.2, 0.25) is 0 Å². The third kappa shape index (κ3) is 2.34. The highest BCUT2D eigenvalue weighted by Gasteiger charge is 2.39. The molecule has 6 nitrogen and oxygen atoms in total. The van der Waals surface area contributed by atoms with E-state index in [1.165, 1.54) is 0 Å². The summed E-state index contributed by atoms with van der Waals surface area (Å²) in [5.74, 6) is 0.713. The number of rotatable bonds is 3. The van der Waals surface area contributed by atoms with Gasteiger partial charge in [0.15, 0.2) is 0 Å². The number of anilines is 1. The summed E-state index contributed by atoms with van der Waals surface area (Å²) in [7, 11) is 0. The smallest absolute Gasteiger partial charge is 0.254 e. The Bertz CT molecular complexity index is 693. The van der Waals surface area contributed by atoms with Crippen LogP contribution in [0.3, 0.4) is 0 Å². The van der Waals surface area contributed by atoms with Gasteiger partial charge in [-0.3, -0.25) is 4.79 Å². The number of carbonyl (C=O) groups excluding carboxylic acids is 1. The first kappa shape index (κ1) is 14.6. The molecule has 0 saturated carbocycles. The maximum Gasteiger partial charge on any atom is 0.254 e. The van der Waals surface area contributed by atoms with Crippen molar-refractivity contribution < 1.29 is 4.79 Å². The van der Waals surface area contributed by atoms with Crippen molar-refractivity contribution in [1.82, 2.24) is 14.8 Å². The second-order valence-electron chi connectivity index (χ2n) is 6.58. The van der Waals surface area contributed by atoms with Crippen LogP contribution in [-0.2, 0) is 0 Å². The Hall–Kier alpha value is -2.37. The number of pyridine rings is 1. The monoisotopic (exact) mass is 299 g/mol. The molecule has 22 heavy (non-hydrogen) atoms. The lowest BCUT2D eigenvalue weighted by molar-refractivity contribution is 0.1000. The van der Waals surface area contributed by atoms with Gasteiger partial charge in [-0.25, -0.2) is 9.67 Å². The summed E-state index contributed by atoms with van der Waals surface area (Å²) < 4.78 is 1.65. The molecule has 3 rings (SSSR count). The first-order chi connectivity index (χ1) is 10.4. The lowest BCUT2D eigenvalue weighted by Crippen LogP contribution is -2.40. The second-order valence-corrected chi connectivity index (χ2v) is 6.58. The molecule has 1 aliphatic heterocycles. The molecule has 0 bridgehead atoms. The van der Waals surface area contributed by atoms with Crippen molar-refractivity contribution >= 4 is 11.7 Å². The normalized spacial score (nSPS) is 20.3. The minimum Gasteiger partial charge on any atom is -0.365 e. The number of hydrogen-bond donors (Lipinski definition) is 1. The van der Waals surface area contributed by atoms with Crippen molar-refractivity contribution in [2.24, 2.45) is 11.7 Å². The van der Waals surface area contributed by atoms with Crippen LogP contribution in [0.5, 0.6) is 0 Å². The molecule has 0 spiro atoms. The van der Waals surface area contributed by atoms with Gasteiger partial charge < -0.3 is 10.6 Å². The van der Waals surface area contributed by atoms with Gasteiger partial charge in [-0.05, 0) is 38.3 Å². The zero-order valence-corrected chi connectivity index (χ0v) is 13.2. The number of primary amides is 1. The average molecular weight is 299 g/mol. The van der Waals surface area contributed by atoms with Gasteiger partial charge >= 0.3 is 0 Å². The van der Waals surface area contributed by atoms with Crippen molar-refractivity contribution in [3.63, 3.8) is 0 Å². The van der Waals surface area contributed by atoms with E-state index in [1.54, 1.807) is 29.3 Å². The molecule has 0 radical (unpaired) electrons. The largest absolute Gasteiger partial charge is 0.365 e. The Morgan fingerprint density at radius 3 is 2.73 bits per heavy atom. The van der Waals surface area contributed by atoms with E-state index in [1.807, 2.05) is 6.07 Å². The molecule has 116 valence electrons. The quantitative estimate of drug-likeness (QED) is 0.940. The number of nitrogens with zero attached hydrogens (tertiary/aromatic N) is 4. The number of hydrogen-bond acceptors (Lipinski definition) is 4. The van der Waals surface area contributed by atoms with Crippen LogP contribution in [0, 0.1) is 5.92 Å². The number of aromatic nitrogens is 3. The van der Waals surface area contributed by atoms with E-state index < -0.39 is 5.91 Å².